The number of nitriles is 1. The Morgan fingerprint density at radius 3 is 2.62 bits per heavy atom. The number of nitrogens with one attached hydrogen (secondary N) is 1. The van der Waals surface area contributed by atoms with Gasteiger partial charge in [-0.2, -0.15) is 5.26 Å². The third-order valence-corrected chi connectivity index (χ3v) is 3.49. The molecule has 0 aliphatic carbocycles. The van der Waals surface area contributed by atoms with Gasteiger partial charge >= 0.3 is 6.03 Å². The summed E-state index contributed by atoms with van der Waals surface area (Å²) >= 11 is 0. The van der Waals surface area contributed by atoms with Gasteiger partial charge in [-0.05, 0) is 17.7 Å². The zero-order chi connectivity index (χ0) is 17.4. The lowest BCUT2D eigenvalue weighted by Crippen LogP contribution is -2.40. The molecule has 0 radical (unpaired) electrons. The maximum atomic E-state index is 13.8. The van der Waals surface area contributed by atoms with Gasteiger partial charge in [0.25, 0.3) is 0 Å². The largest absolute Gasteiger partial charge is 0.395 e. The number of carbonyl (C=O) groups is 1. The first-order chi connectivity index (χ1) is 11.6. The molecule has 2 N–H and O–H groups in total. The quantitative estimate of drug-likeness (QED) is 0.855. The van der Waals surface area contributed by atoms with Crippen LogP contribution in [0.4, 0.5) is 9.18 Å². The number of halogens is 1. The average molecular weight is 327 g/mol. The van der Waals surface area contributed by atoms with Gasteiger partial charge in [0.2, 0.25) is 0 Å². The summed E-state index contributed by atoms with van der Waals surface area (Å²) in [5.41, 5.74) is 1.46. The van der Waals surface area contributed by atoms with E-state index >= 15 is 0 Å². The Labute approximate surface area is 140 Å². The van der Waals surface area contributed by atoms with Gasteiger partial charge in [0.1, 0.15) is 5.82 Å². The summed E-state index contributed by atoms with van der Waals surface area (Å²) in [5.74, 6) is -0.536. The van der Waals surface area contributed by atoms with Gasteiger partial charge in [0.15, 0.2) is 0 Å². The fourth-order valence-electron chi connectivity index (χ4n) is 2.22. The number of benzene rings is 2. The molecule has 0 heterocycles. The number of aliphatic hydroxyl groups excluding tert-OH is 1. The molecule has 0 spiro atoms. The molecule has 0 aliphatic heterocycles. The van der Waals surface area contributed by atoms with E-state index in [1.165, 1.54) is 17.0 Å². The summed E-state index contributed by atoms with van der Waals surface area (Å²) in [4.78, 5) is 13.7. The number of urea groups is 1. The van der Waals surface area contributed by atoms with E-state index in [0.717, 1.165) is 11.6 Å². The molecule has 2 aromatic rings. The molecule has 0 bridgehead atoms. The van der Waals surface area contributed by atoms with Crippen LogP contribution in [0.25, 0.3) is 0 Å². The van der Waals surface area contributed by atoms with E-state index in [9.17, 15) is 9.18 Å². The summed E-state index contributed by atoms with van der Waals surface area (Å²) in [6.07, 6.45) is 0. The lowest BCUT2D eigenvalue weighted by Gasteiger charge is -2.22. The lowest BCUT2D eigenvalue weighted by molar-refractivity contribution is 0.173. The van der Waals surface area contributed by atoms with E-state index in [0.29, 0.717) is 12.1 Å². The van der Waals surface area contributed by atoms with Crippen molar-refractivity contribution in [2.24, 2.45) is 0 Å². The fourth-order valence-corrected chi connectivity index (χ4v) is 2.22. The summed E-state index contributed by atoms with van der Waals surface area (Å²) < 4.78 is 13.8. The van der Waals surface area contributed by atoms with Gasteiger partial charge in [0.05, 0.1) is 18.2 Å². The molecule has 2 aromatic carbocycles. The molecule has 2 amide bonds. The summed E-state index contributed by atoms with van der Waals surface area (Å²) in [5, 5.41) is 20.5. The number of nitrogens with zero attached hydrogens (tertiary/aromatic N) is 2. The highest BCUT2D eigenvalue weighted by atomic mass is 19.1. The first-order valence-corrected chi connectivity index (χ1v) is 7.50. The maximum absolute atomic E-state index is 13.8. The highest BCUT2D eigenvalue weighted by Gasteiger charge is 2.14. The number of carbonyl (C=O) groups excluding carboxylic acids is 1. The third-order valence-electron chi connectivity index (χ3n) is 3.49. The van der Waals surface area contributed by atoms with Crippen molar-refractivity contribution in [2.45, 2.75) is 13.1 Å². The molecule has 0 saturated carbocycles. The second-order valence-electron chi connectivity index (χ2n) is 5.21. The van der Waals surface area contributed by atoms with E-state index < -0.39 is 11.8 Å². The topological polar surface area (TPSA) is 76.4 Å². The summed E-state index contributed by atoms with van der Waals surface area (Å²) in [6, 6.07) is 15.0. The van der Waals surface area contributed by atoms with Crippen LogP contribution in [0.3, 0.4) is 0 Å². The minimum atomic E-state index is -0.536. The van der Waals surface area contributed by atoms with Crippen LogP contribution in [-0.2, 0) is 13.1 Å². The number of rotatable bonds is 6. The van der Waals surface area contributed by atoms with Crippen molar-refractivity contribution >= 4 is 6.03 Å². The molecule has 6 heteroatoms. The van der Waals surface area contributed by atoms with Crippen molar-refractivity contribution in [2.75, 3.05) is 13.2 Å². The third kappa shape index (κ3) is 4.80. The highest BCUT2D eigenvalue weighted by molar-refractivity contribution is 5.74. The molecule has 0 unspecified atom stereocenters. The molecule has 2 rings (SSSR count). The smallest absolute Gasteiger partial charge is 0.318 e. The van der Waals surface area contributed by atoms with Gasteiger partial charge in [0, 0.05) is 25.2 Å². The number of hydrogen-bond acceptors (Lipinski definition) is 3. The summed E-state index contributed by atoms with van der Waals surface area (Å²) in [6.45, 7) is 0.373. The first kappa shape index (κ1) is 17.4. The molecule has 0 aromatic heterocycles. The minimum absolute atomic E-state index is 0.00704. The van der Waals surface area contributed by atoms with Crippen LogP contribution in [0.2, 0.25) is 0 Å². The zero-order valence-corrected chi connectivity index (χ0v) is 13.1. The zero-order valence-electron chi connectivity index (χ0n) is 13.1. The average Bonchev–Trinajstić information content (AvgIpc) is 2.61. The molecule has 0 atom stereocenters. The van der Waals surface area contributed by atoms with E-state index in [2.05, 4.69) is 5.32 Å². The molecule has 124 valence electrons. The van der Waals surface area contributed by atoms with E-state index in [1.807, 2.05) is 36.4 Å². The normalized spacial score (nSPS) is 10.0. The molecule has 0 fully saturated rings. The second-order valence-corrected chi connectivity index (χ2v) is 5.21. The fraction of sp³-hybridized carbons (Fsp3) is 0.222. The van der Waals surface area contributed by atoms with Crippen molar-refractivity contribution in [1.29, 1.82) is 5.26 Å². The number of hydrogen-bond donors (Lipinski definition) is 2. The second kappa shape index (κ2) is 8.65. The SMILES string of the molecule is N#Cc1ccc(CNC(=O)N(CCO)Cc2ccccc2)c(F)c1. The molecular formula is C18H18FN3O2. The minimum Gasteiger partial charge on any atom is -0.395 e. The van der Waals surface area contributed by atoms with Crippen molar-refractivity contribution < 1.29 is 14.3 Å². The van der Waals surface area contributed by atoms with Gasteiger partial charge in [-0.3, -0.25) is 0 Å². The van der Waals surface area contributed by atoms with E-state index in [-0.39, 0.29) is 25.3 Å². The number of amides is 2. The molecule has 5 nitrogen and oxygen atoms in total. The Hall–Kier alpha value is -2.91. The molecule has 0 aliphatic rings. The van der Waals surface area contributed by atoms with Crippen molar-refractivity contribution in [3.8, 4) is 6.07 Å². The Kier molecular flexibility index (Phi) is 6.29. The van der Waals surface area contributed by atoms with Crippen molar-refractivity contribution in [3.63, 3.8) is 0 Å². The van der Waals surface area contributed by atoms with Gasteiger partial charge < -0.3 is 15.3 Å². The van der Waals surface area contributed by atoms with Crippen LogP contribution < -0.4 is 5.32 Å². The maximum Gasteiger partial charge on any atom is 0.318 e. The van der Waals surface area contributed by atoms with E-state index in [4.69, 9.17) is 10.4 Å². The monoisotopic (exact) mass is 327 g/mol. The Morgan fingerprint density at radius 1 is 1.25 bits per heavy atom. The van der Waals surface area contributed by atoms with Crippen molar-refractivity contribution in [3.05, 3.63) is 71.0 Å². The standard InChI is InChI=1S/C18H18FN3O2/c19-17-10-15(11-20)6-7-16(17)12-21-18(24)22(8-9-23)13-14-4-2-1-3-5-14/h1-7,10,23H,8-9,12-13H2,(H,21,24). The highest BCUT2D eigenvalue weighted by Crippen LogP contribution is 2.10. The Morgan fingerprint density at radius 2 is 2.00 bits per heavy atom. The van der Waals surface area contributed by atoms with Gasteiger partial charge in [-0.25, -0.2) is 9.18 Å². The van der Waals surface area contributed by atoms with E-state index in [1.54, 1.807) is 0 Å². The van der Waals surface area contributed by atoms with Gasteiger partial charge in [-0.1, -0.05) is 36.4 Å². The van der Waals surface area contributed by atoms with Crippen LogP contribution in [-0.4, -0.2) is 29.2 Å². The Bertz CT molecular complexity index is 729. The Balaban J connectivity index is 1.99. The lowest BCUT2D eigenvalue weighted by atomic mass is 10.1. The van der Waals surface area contributed by atoms with Crippen LogP contribution in [0.5, 0.6) is 0 Å². The predicted molar refractivity (Wildman–Crippen MR) is 87.3 cm³/mol. The van der Waals surface area contributed by atoms with Crippen LogP contribution in [0.1, 0.15) is 16.7 Å². The van der Waals surface area contributed by atoms with Gasteiger partial charge in [-0.15, -0.1) is 0 Å². The van der Waals surface area contributed by atoms with Crippen molar-refractivity contribution in [1.82, 2.24) is 10.2 Å². The molecule has 0 saturated heterocycles. The predicted octanol–water partition coefficient (Wildman–Crippen LogP) is 2.40. The first-order valence-electron chi connectivity index (χ1n) is 7.50. The van der Waals surface area contributed by atoms with Crippen LogP contribution in [0, 0.1) is 17.1 Å². The molecular weight excluding hydrogens is 309 g/mol. The van der Waals surface area contributed by atoms with Crippen LogP contribution in [0.15, 0.2) is 48.5 Å². The van der Waals surface area contributed by atoms with Crippen LogP contribution >= 0.6 is 0 Å². The molecule has 24 heavy (non-hydrogen) atoms. The summed E-state index contributed by atoms with van der Waals surface area (Å²) in [7, 11) is 0. The number of aliphatic hydroxyl groups is 1.